The third kappa shape index (κ3) is 3.60. The third-order valence-electron chi connectivity index (χ3n) is 3.36. The van der Waals surface area contributed by atoms with Crippen molar-refractivity contribution in [3.8, 4) is 11.5 Å². The number of ether oxygens (including phenoxy) is 2. The number of carbonyl (C=O) groups is 1. The lowest BCUT2D eigenvalue weighted by Crippen LogP contribution is -2.19. The summed E-state index contributed by atoms with van der Waals surface area (Å²) in [6, 6.07) is 15.0. The van der Waals surface area contributed by atoms with Crippen molar-refractivity contribution >= 4 is 34.6 Å². The van der Waals surface area contributed by atoms with Crippen LogP contribution < -0.4 is 14.8 Å². The summed E-state index contributed by atoms with van der Waals surface area (Å²) >= 11 is 1.30. The van der Waals surface area contributed by atoms with Crippen molar-refractivity contribution < 1.29 is 14.3 Å². The fourth-order valence-corrected chi connectivity index (χ4v) is 3.01. The van der Waals surface area contributed by atoms with Crippen LogP contribution in [0.25, 0.3) is 6.08 Å². The zero-order valence-electron chi connectivity index (χ0n) is 13.3. The molecule has 1 amide bonds. The van der Waals surface area contributed by atoms with E-state index in [0.29, 0.717) is 21.6 Å². The van der Waals surface area contributed by atoms with Crippen LogP contribution in [-0.2, 0) is 4.79 Å². The molecule has 6 heteroatoms. The first-order valence-electron chi connectivity index (χ1n) is 7.26. The van der Waals surface area contributed by atoms with Gasteiger partial charge in [0.15, 0.2) is 5.17 Å². The number of thioether (sulfide) groups is 1. The standard InChI is InChI=1S/C18H16N2O3S/c1-22-14-9-8-12(15(11-14)23-2)10-16-17(21)20-18(24-16)19-13-6-4-3-5-7-13/h3-11H,1-2H3,(H,19,20,21)/b16-10+. The van der Waals surface area contributed by atoms with Crippen molar-refractivity contribution in [2.75, 3.05) is 14.2 Å². The van der Waals surface area contributed by atoms with Gasteiger partial charge in [-0.1, -0.05) is 18.2 Å². The van der Waals surface area contributed by atoms with Crippen molar-refractivity contribution in [3.05, 3.63) is 59.0 Å². The summed E-state index contributed by atoms with van der Waals surface area (Å²) < 4.78 is 10.5. The molecule has 1 heterocycles. The molecular formula is C18H16N2O3S. The minimum atomic E-state index is -0.174. The Bertz CT molecular complexity index is 816. The van der Waals surface area contributed by atoms with E-state index in [1.807, 2.05) is 42.5 Å². The van der Waals surface area contributed by atoms with E-state index in [0.717, 1.165) is 11.3 Å². The summed E-state index contributed by atoms with van der Waals surface area (Å²) in [5.74, 6) is 1.17. The molecule has 0 atom stereocenters. The Morgan fingerprint density at radius 2 is 1.88 bits per heavy atom. The SMILES string of the molecule is COc1ccc(/C=C2/SC(=Nc3ccccc3)NC2=O)c(OC)c1. The molecular weight excluding hydrogens is 324 g/mol. The quantitative estimate of drug-likeness (QED) is 0.864. The second-order valence-corrected chi connectivity index (χ2v) is 5.96. The predicted molar refractivity (Wildman–Crippen MR) is 96.8 cm³/mol. The van der Waals surface area contributed by atoms with Gasteiger partial charge in [0.2, 0.25) is 0 Å². The average Bonchev–Trinajstić information content (AvgIpc) is 2.95. The summed E-state index contributed by atoms with van der Waals surface area (Å²) in [6.07, 6.45) is 1.78. The number of methoxy groups -OCH3 is 2. The van der Waals surface area contributed by atoms with Crippen LogP contribution in [0.1, 0.15) is 5.56 Å². The van der Waals surface area contributed by atoms with Crippen molar-refractivity contribution in [3.63, 3.8) is 0 Å². The number of hydrogen-bond acceptors (Lipinski definition) is 5. The summed E-state index contributed by atoms with van der Waals surface area (Å²) in [7, 11) is 3.18. The Morgan fingerprint density at radius 3 is 2.58 bits per heavy atom. The predicted octanol–water partition coefficient (Wildman–Crippen LogP) is 3.60. The van der Waals surface area contributed by atoms with Gasteiger partial charge in [-0.25, -0.2) is 4.99 Å². The van der Waals surface area contributed by atoms with Gasteiger partial charge in [-0.15, -0.1) is 0 Å². The maximum atomic E-state index is 12.2. The van der Waals surface area contributed by atoms with Crippen LogP contribution in [0.5, 0.6) is 11.5 Å². The first-order valence-corrected chi connectivity index (χ1v) is 8.08. The molecule has 1 saturated heterocycles. The molecule has 0 aliphatic carbocycles. The number of amidine groups is 1. The van der Waals surface area contributed by atoms with Crippen molar-refractivity contribution in [2.24, 2.45) is 4.99 Å². The van der Waals surface area contributed by atoms with Gasteiger partial charge in [0.05, 0.1) is 24.8 Å². The molecule has 2 aromatic rings. The molecule has 1 fully saturated rings. The van der Waals surface area contributed by atoms with Gasteiger partial charge >= 0.3 is 0 Å². The molecule has 24 heavy (non-hydrogen) atoms. The van der Waals surface area contributed by atoms with Crippen LogP contribution in [0, 0.1) is 0 Å². The van der Waals surface area contributed by atoms with E-state index in [2.05, 4.69) is 10.3 Å². The number of carbonyl (C=O) groups excluding carboxylic acids is 1. The molecule has 0 bridgehead atoms. The summed E-state index contributed by atoms with van der Waals surface area (Å²) in [5, 5.41) is 3.33. The molecule has 1 N–H and O–H groups in total. The monoisotopic (exact) mass is 340 g/mol. The number of aliphatic imine (C=N–C) groups is 1. The highest BCUT2D eigenvalue weighted by molar-refractivity contribution is 8.18. The van der Waals surface area contributed by atoms with Gasteiger partial charge in [-0.3, -0.25) is 4.79 Å². The Labute approximate surface area is 144 Å². The number of nitrogens with one attached hydrogen (secondary N) is 1. The number of nitrogens with zero attached hydrogens (tertiary/aromatic N) is 1. The Hall–Kier alpha value is -2.73. The molecule has 0 saturated carbocycles. The smallest absolute Gasteiger partial charge is 0.264 e. The molecule has 1 aliphatic heterocycles. The average molecular weight is 340 g/mol. The highest BCUT2D eigenvalue weighted by Crippen LogP contribution is 2.32. The number of hydrogen-bond donors (Lipinski definition) is 1. The van der Waals surface area contributed by atoms with E-state index in [9.17, 15) is 4.79 Å². The number of para-hydroxylation sites is 1. The van der Waals surface area contributed by atoms with Crippen LogP contribution in [0.15, 0.2) is 58.4 Å². The van der Waals surface area contributed by atoms with Crippen molar-refractivity contribution in [1.82, 2.24) is 5.32 Å². The Balaban J connectivity index is 1.86. The van der Waals surface area contributed by atoms with Crippen LogP contribution in [0.2, 0.25) is 0 Å². The van der Waals surface area contributed by atoms with Gasteiger partial charge in [0.1, 0.15) is 11.5 Å². The second-order valence-electron chi connectivity index (χ2n) is 4.93. The minimum Gasteiger partial charge on any atom is -0.497 e. The fraction of sp³-hybridized carbons (Fsp3) is 0.111. The molecule has 0 unspecified atom stereocenters. The molecule has 5 nitrogen and oxygen atoms in total. The highest BCUT2D eigenvalue weighted by atomic mass is 32.2. The first kappa shape index (κ1) is 16.1. The van der Waals surface area contributed by atoms with E-state index in [1.54, 1.807) is 26.4 Å². The maximum Gasteiger partial charge on any atom is 0.264 e. The third-order valence-corrected chi connectivity index (χ3v) is 4.27. The second kappa shape index (κ2) is 7.23. The maximum absolute atomic E-state index is 12.2. The van der Waals surface area contributed by atoms with E-state index in [4.69, 9.17) is 9.47 Å². The molecule has 2 aromatic carbocycles. The van der Waals surface area contributed by atoms with Gasteiger partial charge in [-0.05, 0) is 42.1 Å². The summed E-state index contributed by atoms with van der Waals surface area (Å²) in [6.45, 7) is 0. The van der Waals surface area contributed by atoms with E-state index >= 15 is 0 Å². The lowest BCUT2D eigenvalue weighted by atomic mass is 10.1. The number of benzene rings is 2. The number of amides is 1. The number of rotatable bonds is 4. The topological polar surface area (TPSA) is 59.9 Å². The fourth-order valence-electron chi connectivity index (χ4n) is 2.18. The van der Waals surface area contributed by atoms with E-state index in [-0.39, 0.29) is 5.91 Å². The molecule has 0 spiro atoms. The summed E-state index contributed by atoms with van der Waals surface area (Å²) in [5.41, 5.74) is 1.60. The largest absolute Gasteiger partial charge is 0.497 e. The zero-order valence-corrected chi connectivity index (χ0v) is 14.1. The Morgan fingerprint density at radius 1 is 1.08 bits per heavy atom. The Kier molecular flexibility index (Phi) is 4.86. The van der Waals surface area contributed by atoms with Crippen LogP contribution in [0.3, 0.4) is 0 Å². The van der Waals surface area contributed by atoms with Crippen LogP contribution >= 0.6 is 11.8 Å². The van der Waals surface area contributed by atoms with Gasteiger partial charge < -0.3 is 14.8 Å². The van der Waals surface area contributed by atoms with E-state index < -0.39 is 0 Å². The molecule has 122 valence electrons. The molecule has 3 rings (SSSR count). The van der Waals surface area contributed by atoms with Crippen molar-refractivity contribution in [1.29, 1.82) is 0 Å². The van der Waals surface area contributed by atoms with Crippen LogP contribution in [-0.4, -0.2) is 25.3 Å². The minimum absolute atomic E-state index is 0.174. The normalized spacial score (nSPS) is 17.2. The van der Waals surface area contributed by atoms with Gasteiger partial charge in [-0.2, -0.15) is 0 Å². The van der Waals surface area contributed by atoms with Crippen LogP contribution in [0.4, 0.5) is 5.69 Å². The highest BCUT2D eigenvalue weighted by Gasteiger charge is 2.24. The van der Waals surface area contributed by atoms with E-state index in [1.165, 1.54) is 11.8 Å². The molecule has 0 radical (unpaired) electrons. The first-order chi connectivity index (χ1) is 11.7. The zero-order chi connectivity index (χ0) is 16.9. The lowest BCUT2D eigenvalue weighted by molar-refractivity contribution is -0.115. The summed E-state index contributed by atoms with van der Waals surface area (Å²) in [4.78, 5) is 17.1. The van der Waals surface area contributed by atoms with Gasteiger partial charge in [0.25, 0.3) is 5.91 Å². The lowest BCUT2D eigenvalue weighted by Gasteiger charge is -2.07. The van der Waals surface area contributed by atoms with Gasteiger partial charge in [0, 0.05) is 11.6 Å². The molecule has 0 aromatic heterocycles. The molecule has 1 aliphatic rings. The van der Waals surface area contributed by atoms with Crippen molar-refractivity contribution in [2.45, 2.75) is 0 Å².